The molecule has 2 aromatic rings. The van der Waals surface area contributed by atoms with Crippen molar-refractivity contribution in [2.24, 2.45) is 7.05 Å². The van der Waals surface area contributed by atoms with E-state index < -0.39 is 0 Å². The van der Waals surface area contributed by atoms with Crippen molar-refractivity contribution in [3.63, 3.8) is 0 Å². The third-order valence-electron chi connectivity index (χ3n) is 4.05. The minimum Gasteiger partial charge on any atom is -0.286 e. The average molecular weight is 343 g/mol. The lowest BCUT2D eigenvalue weighted by Crippen LogP contribution is -2.30. The molecule has 1 atom stereocenters. The predicted octanol–water partition coefficient (Wildman–Crippen LogP) is 3.69. The lowest BCUT2D eigenvalue weighted by Gasteiger charge is -2.23. The van der Waals surface area contributed by atoms with E-state index in [1.165, 1.54) is 11.8 Å². The molecule has 0 N–H and O–H groups in total. The van der Waals surface area contributed by atoms with Gasteiger partial charge in [0, 0.05) is 18.3 Å². The van der Waals surface area contributed by atoms with E-state index in [1.54, 1.807) is 15.8 Å². The van der Waals surface area contributed by atoms with E-state index in [1.807, 2.05) is 57.3 Å². The lowest BCUT2D eigenvalue weighted by atomic mass is 10.1. The van der Waals surface area contributed by atoms with Gasteiger partial charge in [-0.05, 0) is 25.5 Å². The van der Waals surface area contributed by atoms with Gasteiger partial charge in [-0.25, -0.2) is 0 Å². The van der Waals surface area contributed by atoms with Crippen molar-refractivity contribution in [2.45, 2.75) is 19.9 Å². The molecule has 1 aromatic heterocycles. The Hall–Kier alpha value is -1.92. The molecule has 1 aliphatic rings. The van der Waals surface area contributed by atoms with Gasteiger partial charge in [0.1, 0.15) is 4.32 Å². The number of nitrogens with zero attached hydrogens (tertiary/aromatic N) is 3. The van der Waals surface area contributed by atoms with Crippen molar-refractivity contribution in [1.29, 1.82) is 0 Å². The minimum absolute atomic E-state index is 0.0420. The largest absolute Gasteiger partial charge is 0.286 e. The molecule has 1 amide bonds. The SMILES string of the molecule is Cc1c(C=C2SC(=S)N(C(C)c3ccccc3)C2=O)cnn1C. The predicted molar refractivity (Wildman–Crippen MR) is 97.8 cm³/mol. The average Bonchev–Trinajstić information content (AvgIpc) is 3.01. The van der Waals surface area contributed by atoms with Gasteiger partial charge >= 0.3 is 0 Å². The summed E-state index contributed by atoms with van der Waals surface area (Å²) in [5.41, 5.74) is 3.04. The lowest BCUT2D eigenvalue weighted by molar-refractivity contribution is -0.123. The molecular formula is C17H17N3OS2. The summed E-state index contributed by atoms with van der Waals surface area (Å²) in [6, 6.07) is 9.85. The quantitative estimate of drug-likeness (QED) is 0.629. The summed E-state index contributed by atoms with van der Waals surface area (Å²) in [5.74, 6) is -0.0420. The van der Waals surface area contributed by atoms with Gasteiger partial charge in [-0.1, -0.05) is 54.3 Å². The maximum atomic E-state index is 12.8. The minimum atomic E-state index is -0.0791. The second-order valence-electron chi connectivity index (χ2n) is 5.45. The first-order valence-corrected chi connectivity index (χ1v) is 8.52. The number of carbonyl (C=O) groups excluding carboxylic acids is 1. The number of rotatable bonds is 3. The molecule has 3 rings (SSSR count). The zero-order chi connectivity index (χ0) is 16.6. The molecular weight excluding hydrogens is 326 g/mol. The molecule has 4 nitrogen and oxygen atoms in total. The van der Waals surface area contributed by atoms with Crippen molar-refractivity contribution < 1.29 is 4.79 Å². The fraction of sp³-hybridized carbons (Fsp3) is 0.235. The number of thiocarbonyl (C=S) groups is 1. The number of aromatic nitrogens is 2. The monoisotopic (exact) mass is 343 g/mol. The Balaban J connectivity index is 1.90. The Kier molecular flexibility index (Phi) is 4.37. The van der Waals surface area contributed by atoms with Crippen LogP contribution in [0.4, 0.5) is 0 Å². The third-order valence-corrected chi connectivity index (χ3v) is 5.38. The third kappa shape index (κ3) is 2.96. The highest BCUT2D eigenvalue weighted by molar-refractivity contribution is 8.26. The van der Waals surface area contributed by atoms with E-state index in [-0.39, 0.29) is 11.9 Å². The molecule has 1 aromatic carbocycles. The van der Waals surface area contributed by atoms with Crippen LogP contribution in [-0.2, 0) is 11.8 Å². The second-order valence-corrected chi connectivity index (χ2v) is 7.12. The molecule has 6 heteroatoms. The number of thioether (sulfide) groups is 1. The van der Waals surface area contributed by atoms with Crippen molar-refractivity contribution in [1.82, 2.24) is 14.7 Å². The van der Waals surface area contributed by atoms with Crippen molar-refractivity contribution >= 4 is 40.3 Å². The van der Waals surface area contributed by atoms with Gasteiger partial charge in [-0.15, -0.1) is 0 Å². The highest BCUT2D eigenvalue weighted by atomic mass is 32.2. The van der Waals surface area contributed by atoms with E-state index in [0.717, 1.165) is 16.8 Å². The van der Waals surface area contributed by atoms with Crippen LogP contribution >= 0.6 is 24.0 Å². The molecule has 0 bridgehead atoms. The second kappa shape index (κ2) is 6.29. The topological polar surface area (TPSA) is 38.1 Å². The Morgan fingerprint density at radius 3 is 2.61 bits per heavy atom. The van der Waals surface area contributed by atoms with Gasteiger partial charge in [-0.2, -0.15) is 5.10 Å². The normalized spacial score (nSPS) is 18.0. The fourth-order valence-electron chi connectivity index (χ4n) is 2.49. The fourth-order valence-corrected chi connectivity index (χ4v) is 3.90. The van der Waals surface area contributed by atoms with Crippen molar-refractivity contribution in [2.75, 3.05) is 0 Å². The van der Waals surface area contributed by atoms with Gasteiger partial charge in [0.2, 0.25) is 0 Å². The summed E-state index contributed by atoms with van der Waals surface area (Å²) in [6.45, 7) is 3.98. The molecule has 2 heterocycles. The highest BCUT2D eigenvalue weighted by Gasteiger charge is 2.36. The smallest absolute Gasteiger partial charge is 0.266 e. The number of benzene rings is 1. The standard InChI is InChI=1S/C17H17N3OS2/c1-11-14(10-18-19(11)3)9-15-16(21)20(17(22)23-15)12(2)13-7-5-4-6-8-13/h4-10,12H,1-3H3. The van der Waals surface area contributed by atoms with Crippen LogP contribution < -0.4 is 0 Å². The molecule has 1 fully saturated rings. The Labute approximate surface area is 145 Å². The van der Waals surface area contributed by atoms with Crippen LogP contribution in [0.1, 0.15) is 29.8 Å². The zero-order valence-electron chi connectivity index (χ0n) is 13.2. The summed E-state index contributed by atoms with van der Waals surface area (Å²) < 4.78 is 2.39. The zero-order valence-corrected chi connectivity index (χ0v) is 14.8. The summed E-state index contributed by atoms with van der Waals surface area (Å²) >= 11 is 6.78. The van der Waals surface area contributed by atoms with E-state index in [4.69, 9.17) is 12.2 Å². The first-order chi connectivity index (χ1) is 11.0. The van der Waals surface area contributed by atoms with Crippen LogP contribution in [-0.4, -0.2) is 24.9 Å². The van der Waals surface area contributed by atoms with Crippen LogP contribution in [0.15, 0.2) is 41.4 Å². The van der Waals surface area contributed by atoms with Gasteiger partial charge in [-0.3, -0.25) is 14.4 Å². The number of hydrogen-bond acceptors (Lipinski definition) is 4. The molecule has 118 valence electrons. The first kappa shape index (κ1) is 16.0. The molecule has 1 aliphatic heterocycles. The number of hydrogen-bond donors (Lipinski definition) is 0. The van der Waals surface area contributed by atoms with Crippen molar-refractivity contribution in [3.8, 4) is 0 Å². The maximum absolute atomic E-state index is 12.8. The molecule has 0 spiro atoms. The first-order valence-electron chi connectivity index (χ1n) is 7.29. The molecule has 0 saturated carbocycles. The summed E-state index contributed by atoms with van der Waals surface area (Å²) in [5, 5.41) is 4.21. The van der Waals surface area contributed by atoms with E-state index in [0.29, 0.717) is 9.23 Å². The summed E-state index contributed by atoms with van der Waals surface area (Å²) in [6.07, 6.45) is 3.64. The Morgan fingerprint density at radius 1 is 1.30 bits per heavy atom. The molecule has 0 aliphatic carbocycles. The molecule has 1 saturated heterocycles. The Morgan fingerprint density at radius 2 is 2.00 bits per heavy atom. The van der Waals surface area contributed by atoms with Gasteiger partial charge < -0.3 is 0 Å². The van der Waals surface area contributed by atoms with E-state index >= 15 is 0 Å². The van der Waals surface area contributed by atoms with Crippen LogP contribution in [0.5, 0.6) is 0 Å². The van der Waals surface area contributed by atoms with E-state index in [2.05, 4.69) is 5.10 Å². The summed E-state index contributed by atoms with van der Waals surface area (Å²) in [7, 11) is 1.88. The van der Waals surface area contributed by atoms with Gasteiger partial charge in [0.25, 0.3) is 5.91 Å². The number of carbonyl (C=O) groups is 1. The number of aryl methyl sites for hydroxylation is 1. The van der Waals surface area contributed by atoms with Crippen LogP contribution in [0.25, 0.3) is 6.08 Å². The molecule has 1 unspecified atom stereocenters. The molecule has 0 radical (unpaired) electrons. The number of amides is 1. The molecule has 23 heavy (non-hydrogen) atoms. The van der Waals surface area contributed by atoms with Gasteiger partial charge in [0.15, 0.2) is 0 Å². The van der Waals surface area contributed by atoms with Crippen molar-refractivity contribution in [3.05, 3.63) is 58.3 Å². The van der Waals surface area contributed by atoms with Crippen LogP contribution in [0.2, 0.25) is 0 Å². The van der Waals surface area contributed by atoms with Crippen LogP contribution in [0, 0.1) is 6.92 Å². The van der Waals surface area contributed by atoms with Crippen LogP contribution in [0.3, 0.4) is 0 Å². The maximum Gasteiger partial charge on any atom is 0.266 e. The highest BCUT2D eigenvalue weighted by Crippen LogP contribution is 2.38. The summed E-state index contributed by atoms with van der Waals surface area (Å²) in [4.78, 5) is 15.1. The Bertz CT molecular complexity index is 795. The van der Waals surface area contributed by atoms with Gasteiger partial charge in [0.05, 0.1) is 17.1 Å². The van der Waals surface area contributed by atoms with E-state index in [9.17, 15) is 4.79 Å².